The predicted octanol–water partition coefficient (Wildman–Crippen LogP) is 0.877. The number of hydrogen-bond donors (Lipinski definition) is 4. The van der Waals surface area contributed by atoms with Gasteiger partial charge in [-0.15, -0.1) is 0 Å². The average molecular weight is 426 g/mol. The van der Waals surface area contributed by atoms with Crippen molar-refractivity contribution in [1.82, 2.24) is 20.6 Å². The van der Waals surface area contributed by atoms with Crippen LogP contribution in [0, 0.1) is 0 Å². The quantitative estimate of drug-likeness (QED) is 0.488. The summed E-state index contributed by atoms with van der Waals surface area (Å²) in [5.74, 6) is -1.45. The first-order valence-electron chi connectivity index (χ1n) is 10.1. The van der Waals surface area contributed by atoms with Crippen LogP contribution in [0.2, 0.25) is 0 Å². The first kappa shape index (κ1) is 22.0. The molecule has 4 N–H and O–H groups in total. The number of aromatic nitrogens is 2. The zero-order valence-electron chi connectivity index (χ0n) is 17.2. The van der Waals surface area contributed by atoms with Crippen LogP contribution in [-0.2, 0) is 9.59 Å². The molecule has 0 saturated carbocycles. The minimum absolute atomic E-state index is 0.198. The predicted molar refractivity (Wildman–Crippen MR) is 115 cm³/mol. The lowest BCUT2D eigenvalue weighted by atomic mass is 10.0. The molecule has 164 valence electrons. The average Bonchev–Trinajstić information content (AvgIpc) is 2.77. The molecule has 0 spiro atoms. The summed E-state index contributed by atoms with van der Waals surface area (Å²) in [6.07, 6.45) is 5.23. The van der Waals surface area contributed by atoms with Crippen LogP contribution >= 0.6 is 0 Å². The van der Waals surface area contributed by atoms with Crippen LogP contribution in [0.1, 0.15) is 30.1 Å². The second-order valence-electron chi connectivity index (χ2n) is 7.33. The molecule has 10 nitrogen and oxygen atoms in total. The molecule has 3 rings (SSSR count). The number of amides is 2. The molecule has 0 bridgehead atoms. The molecule has 2 amide bonds. The first-order chi connectivity index (χ1) is 14.9. The van der Waals surface area contributed by atoms with Crippen LogP contribution in [0.3, 0.4) is 0 Å². The number of rotatable bonds is 8. The second-order valence-corrected chi connectivity index (χ2v) is 7.33. The third-order valence-corrected chi connectivity index (χ3v) is 5.01. The summed E-state index contributed by atoms with van der Waals surface area (Å²) < 4.78 is 0. The van der Waals surface area contributed by atoms with Gasteiger partial charge in [0.2, 0.25) is 11.9 Å². The number of aliphatic carboxylic acids is 1. The van der Waals surface area contributed by atoms with E-state index in [0.717, 1.165) is 31.6 Å². The van der Waals surface area contributed by atoms with Crippen molar-refractivity contribution in [1.29, 1.82) is 0 Å². The summed E-state index contributed by atoms with van der Waals surface area (Å²) >= 11 is 0. The van der Waals surface area contributed by atoms with E-state index in [1.807, 2.05) is 6.07 Å². The minimum Gasteiger partial charge on any atom is -0.480 e. The van der Waals surface area contributed by atoms with Crippen molar-refractivity contribution in [3.63, 3.8) is 0 Å². The number of nitrogens with one attached hydrogen (secondary N) is 3. The molecule has 0 unspecified atom stereocenters. The molecular weight excluding hydrogens is 400 g/mol. The van der Waals surface area contributed by atoms with Gasteiger partial charge < -0.3 is 26.0 Å². The van der Waals surface area contributed by atoms with E-state index in [2.05, 4.69) is 30.8 Å². The standard InChI is InChI=1S/C21H26N6O4/c1-14(28)25-18(20(30)31)13-24-19(29)15-4-2-5-17(12-15)27-10-6-16(7-11-27)26-21-22-8-3-9-23-21/h2-5,8-9,12,16,18H,6-7,10-11,13H2,1H3,(H,24,29)(H,25,28)(H,30,31)(H,22,23,26)/t18-/m0/s1. The molecule has 1 atom stereocenters. The summed E-state index contributed by atoms with van der Waals surface area (Å²) in [5.41, 5.74) is 1.36. The van der Waals surface area contributed by atoms with Gasteiger partial charge in [0, 0.05) is 56.2 Å². The van der Waals surface area contributed by atoms with Crippen molar-refractivity contribution in [2.45, 2.75) is 31.8 Å². The Morgan fingerprint density at radius 1 is 1.16 bits per heavy atom. The summed E-state index contributed by atoms with van der Waals surface area (Å²) in [7, 11) is 0. The van der Waals surface area contributed by atoms with E-state index < -0.39 is 23.8 Å². The Morgan fingerprint density at radius 2 is 1.87 bits per heavy atom. The van der Waals surface area contributed by atoms with E-state index in [-0.39, 0.29) is 12.6 Å². The summed E-state index contributed by atoms with van der Waals surface area (Å²) in [6.45, 7) is 2.67. The van der Waals surface area contributed by atoms with Crippen LogP contribution in [0.5, 0.6) is 0 Å². The number of anilines is 2. The van der Waals surface area contributed by atoms with Crippen molar-refractivity contribution >= 4 is 29.4 Å². The molecule has 31 heavy (non-hydrogen) atoms. The molecule has 1 aromatic carbocycles. The van der Waals surface area contributed by atoms with Gasteiger partial charge in [0.1, 0.15) is 6.04 Å². The van der Waals surface area contributed by atoms with Gasteiger partial charge in [-0.25, -0.2) is 14.8 Å². The van der Waals surface area contributed by atoms with Crippen LogP contribution in [0.25, 0.3) is 0 Å². The largest absolute Gasteiger partial charge is 0.480 e. The zero-order valence-corrected chi connectivity index (χ0v) is 17.2. The molecule has 1 aliphatic heterocycles. The van der Waals surface area contributed by atoms with Gasteiger partial charge in [-0.05, 0) is 37.1 Å². The number of carbonyl (C=O) groups is 3. The van der Waals surface area contributed by atoms with Gasteiger partial charge in [-0.1, -0.05) is 6.07 Å². The Bertz CT molecular complexity index is 915. The number of nitrogens with zero attached hydrogens (tertiary/aromatic N) is 3. The first-order valence-corrected chi connectivity index (χ1v) is 10.1. The number of carbonyl (C=O) groups excluding carboxylic acids is 2. The third kappa shape index (κ3) is 6.39. The second kappa shape index (κ2) is 10.4. The van der Waals surface area contributed by atoms with Gasteiger partial charge in [-0.2, -0.15) is 0 Å². The van der Waals surface area contributed by atoms with Crippen LogP contribution in [0.4, 0.5) is 11.6 Å². The monoisotopic (exact) mass is 426 g/mol. The molecule has 1 aliphatic rings. The Labute approximate surface area is 180 Å². The molecule has 0 radical (unpaired) electrons. The number of carboxylic acids is 1. The van der Waals surface area contributed by atoms with Crippen molar-refractivity contribution < 1.29 is 19.5 Å². The van der Waals surface area contributed by atoms with E-state index in [1.54, 1.807) is 36.7 Å². The smallest absolute Gasteiger partial charge is 0.328 e. The van der Waals surface area contributed by atoms with Crippen LogP contribution < -0.4 is 20.9 Å². The number of hydrogen-bond acceptors (Lipinski definition) is 7. The Hall–Kier alpha value is -3.69. The maximum Gasteiger partial charge on any atom is 0.328 e. The molecule has 0 aliphatic carbocycles. The molecule has 2 aromatic rings. The van der Waals surface area contributed by atoms with Gasteiger partial charge in [0.05, 0.1) is 0 Å². The van der Waals surface area contributed by atoms with E-state index >= 15 is 0 Å². The Kier molecular flexibility index (Phi) is 7.36. The lowest BCUT2D eigenvalue weighted by molar-refractivity contribution is -0.141. The van der Waals surface area contributed by atoms with Crippen molar-refractivity contribution in [3.05, 3.63) is 48.3 Å². The fourth-order valence-electron chi connectivity index (χ4n) is 3.42. The highest BCUT2D eigenvalue weighted by Crippen LogP contribution is 2.22. The van der Waals surface area contributed by atoms with Crippen molar-refractivity contribution in [2.24, 2.45) is 0 Å². The summed E-state index contributed by atoms with van der Waals surface area (Å²) in [4.78, 5) is 45.4. The highest BCUT2D eigenvalue weighted by molar-refractivity contribution is 5.95. The van der Waals surface area contributed by atoms with Gasteiger partial charge >= 0.3 is 5.97 Å². The van der Waals surface area contributed by atoms with Crippen molar-refractivity contribution in [2.75, 3.05) is 29.9 Å². The number of benzene rings is 1. The SMILES string of the molecule is CC(=O)N[C@@H](CNC(=O)c1cccc(N2CCC(Nc3ncccn3)CC2)c1)C(=O)O. The molecule has 1 fully saturated rings. The highest BCUT2D eigenvalue weighted by atomic mass is 16.4. The highest BCUT2D eigenvalue weighted by Gasteiger charge is 2.22. The summed E-state index contributed by atoms with van der Waals surface area (Å²) in [5, 5.41) is 17.4. The van der Waals surface area contributed by atoms with Gasteiger partial charge in [0.15, 0.2) is 0 Å². The third-order valence-electron chi connectivity index (χ3n) is 5.01. The molecule has 1 saturated heterocycles. The number of carboxylic acid groups (broad SMARTS) is 1. The summed E-state index contributed by atoms with van der Waals surface area (Å²) in [6, 6.07) is 8.10. The van der Waals surface area contributed by atoms with E-state index in [9.17, 15) is 14.4 Å². The molecular formula is C21H26N6O4. The number of piperidine rings is 1. The van der Waals surface area contributed by atoms with Crippen LogP contribution in [0.15, 0.2) is 42.7 Å². The van der Waals surface area contributed by atoms with Crippen molar-refractivity contribution in [3.8, 4) is 0 Å². The lowest BCUT2D eigenvalue weighted by Crippen LogP contribution is -2.47. The molecule has 1 aromatic heterocycles. The van der Waals surface area contributed by atoms with Crippen LogP contribution in [-0.4, -0.2) is 64.6 Å². The Morgan fingerprint density at radius 3 is 2.52 bits per heavy atom. The van der Waals surface area contributed by atoms with E-state index in [4.69, 9.17) is 5.11 Å². The molecule has 2 heterocycles. The lowest BCUT2D eigenvalue weighted by Gasteiger charge is -2.34. The topological polar surface area (TPSA) is 137 Å². The van der Waals surface area contributed by atoms with Gasteiger partial charge in [0.25, 0.3) is 5.91 Å². The fraction of sp³-hybridized carbons (Fsp3) is 0.381. The Balaban J connectivity index is 1.54. The zero-order chi connectivity index (χ0) is 22.2. The normalized spacial score (nSPS) is 15.1. The van der Waals surface area contributed by atoms with E-state index in [1.165, 1.54) is 6.92 Å². The molecule has 10 heteroatoms. The minimum atomic E-state index is -1.21. The van der Waals surface area contributed by atoms with Gasteiger partial charge in [-0.3, -0.25) is 9.59 Å². The maximum atomic E-state index is 12.5. The van der Waals surface area contributed by atoms with E-state index in [0.29, 0.717) is 11.5 Å². The fourth-order valence-corrected chi connectivity index (χ4v) is 3.42. The maximum absolute atomic E-state index is 12.5.